The highest BCUT2D eigenvalue weighted by molar-refractivity contribution is 5.91. The smallest absolute Gasteiger partial charge is 0.389 e. The van der Waals surface area contributed by atoms with Crippen molar-refractivity contribution in [3.05, 3.63) is 83.9 Å². The van der Waals surface area contributed by atoms with Crippen LogP contribution in [-0.4, -0.2) is 71.8 Å². The Labute approximate surface area is 256 Å². The van der Waals surface area contributed by atoms with Crippen LogP contribution in [0.4, 0.5) is 18.9 Å². The molecule has 0 fully saturated rings. The van der Waals surface area contributed by atoms with Crippen LogP contribution in [-0.2, 0) is 22.6 Å². The van der Waals surface area contributed by atoms with Crippen LogP contribution in [0.5, 0.6) is 5.75 Å². The summed E-state index contributed by atoms with van der Waals surface area (Å²) in [6.07, 6.45) is -6.72. The lowest BCUT2D eigenvalue weighted by Crippen LogP contribution is -2.47. The highest BCUT2D eigenvalue weighted by atomic mass is 19.4. The molecule has 0 aromatic heterocycles. The molecule has 10 heteroatoms. The number of aliphatic hydroxyl groups excluding tert-OH is 1. The number of carbonyl (C=O) groups is 2. The molecule has 1 heterocycles. The average Bonchev–Trinajstić information content (AvgIpc) is 3.03. The number of rotatable bonds is 10. The Balaban J connectivity index is 1.52. The number of aliphatic hydroxyl groups is 1. The number of halogens is 3. The Kier molecular flexibility index (Phi) is 11.0. The van der Waals surface area contributed by atoms with E-state index in [1.54, 1.807) is 30.0 Å². The molecular weight excluding hydrogens is 571 g/mol. The zero-order valence-corrected chi connectivity index (χ0v) is 25.3. The molecule has 236 valence electrons. The number of ether oxygens (including phenoxy) is 1. The SMILES string of the molecule is C[C@H](CO)N1C[C@H](C)[C@@H](CN(C)Cc2ccc(-c3ccccc3)cc2)Oc2ccc(NC(=O)CCC(F)(F)F)cc2CC1=O. The van der Waals surface area contributed by atoms with Crippen molar-refractivity contribution in [3.63, 3.8) is 0 Å². The van der Waals surface area contributed by atoms with E-state index in [0.29, 0.717) is 30.9 Å². The zero-order valence-electron chi connectivity index (χ0n) is 25.3. The molecule has 0 bridgehead atoms. The predicted octanol–water partition coefficient (Wildman–Crippen LogP) is 5.92. The van der Waals surface area contributed by atoms with Crippen molar-refractivity contribution in [1.82, 2.24) is 9.80 Å². The third-order valence-corrected chi connectivity index (χ3v) is 7.84. The lowest BCUT2D eigenvalue weighted by Gasteiger charge is -2.34. The van der Waals surface area contributed by atoms with Gasteiger partial charge in [0, 0.05) is 43.2 Å². The van der Waals surface area contributed by atoms with Crippen molar-refractivity contribution in [2.24, 2.45) is 5.92 Å². The van der Waals surface area contributed by atoms with Crippen LogP contribution in [0.15, 0.2) is 72.8 Å². The number of nitrogens with zero attached hydrogens (tertiary/aromatic N) is 2. The number of alkyl halides is 3. The van der Waals surface area contributed by atoms with Crippen LogP contribution < -0.4 is 10.1 Å². The van der Waals surface area contributed by atoms with E-state index < -0.39 is 31.0 Å². The van der Waals surface area contributed by atoms with E-state index in [1.165, 1.54) is 0 Å². The van der Waals surface area contributed by atoms with Crippen molar-refractivity contribution < 1.29 is 32.6 Å². The van der Waals surface area contributed by atoms with Gasteiger partial charge in [-0.15, -0.1) is 0 Å². The van der Waals surface area contributed by atoms with Gasteiger partial charge in [0.05, 0.1) is 25.5 Å². The van der Waals surface area contributed by atoms with Gasteiger partial charge in [-0.25, -0.2) is 0 Å². The molecule has 0 aliphatic carbocycles. The Morgan fingerprint density at radius 3 is 2.43 bits per heavy atom. The second kappa shape index (κ2) is 14.7. The van der Waals surface area contributed by atoms with Crippen LogP contribution in [0.3, 0.4) is 0 Å². The monoisotopic (exact) mass is 611 g/mol. The minimum atomic E-state index is -4.43. The number of hydrogen-bond acceptors (Lipinski definition) is 5. The van der Waals surface area contributed by atoms with E-state index in [0.717, 1.165) is 16.7 Å². The number of nitrogens with one attached hydrogen (secondary N) is 1. The summed E-state index contributed by atoms with van der Waals surface area (Å²) in [5.74, 6) is -0.597. The minimum absolute atomic E-state index is 0.0466. The van der Waals surface area contributed by atoms with E-state index in [2.05, 4.69) is 46.6 Å². The van der Waals surface area contributed by atoms with Crippen LogP contribution in [0.2, 0.25) is 0 Å². The summed E-state index contributed by atoms with van der Waals surface area (Å²) in [5.41, 5.74) is 4.23. The number of carbonyl (C=O) groups excluding carboxylic acids is 2. The van der Waals surface area contributed by atoms with Gasteiger partial charge in [-0.1, -0.05) is 61.5 Å². The topological polar surface area (TPSA) is 82.1 Å². The van der Waals surface area contributed by atoms with Gasteiger partial charge >= 0.3 is 6.18 Å². The van der Waals surface area contributed by atoms with E-state index in [1.807, 2.05) is 32.2 Å². The number of amides is 2. The first-order valence-corrected chi connectivity index (χ1v) is 14.8. The van der Waals surface area contributed by atoms with E-state index in [4.69, 9.17) is 4.74 Å². The summed E-state index contributed by atoms with van der Waals surface area (Å²) in [5, 5.41) is 12.4. The molecule has 1 aliphatic heterocycles. The summed E-state index contributed by atoms with van der Waals surface area (Å²) >= 11 is 0. The number of hydrogen-bond donors (Lipinski definition) is 2. The zero-order chi connectivity index (χ0) is 31.9. The Bertz CT molecular complexity index is 1400. The molecule has 3 aromatic rings. The number of anilines is 1. The largest absolute Gasteiger partial charge is 0.488 e. The maximum Gasteiger partial charge on any atom is 0.389 e. The van der Waals surface area contributed by atoms with Gasteiger partial charge in [0.15, 0.2) is 0 Å². The van der Waals surface area contributed by atoms with E-state index in [-0.39, 0.29) is 36.6 Å². The number of benzene rings is 3. The molecule has 4 rings (SSSR count). The van der Waals surface area contributed by atoms with Gasteiger partial charge in [0.1, 0.15) is 11.9 Å². The fraction of sp³-hybridized carbons (Fsp3) is 0.412. The van der Waals surface area contributed by atoms with Gasteiger partial charge in [-0.2, -0.15) is 13.2 Å². The minimum Gasteiger partial charge on any atom is -0.488 e. The standard InChI is InChI=1S/C34H40F3N3O4/c1-23-19-40(24(2)22-41)33(43)18-28-17-29(38-32(42)15-16-34(35,36)37)13-14-30(28)44-31(23)21-39(3)20-25-9-11-27(12-10-25)26-7-5-4-6-8-26/h4-14,17,23-24,31,41H,15-16,18-22H2,1-3H3,(H,38,42)/t23-,24+,31+/m0/s1. The molecule has 7 nitrogen and oxygen atoms in total. The van der Waals surface area contributed by atoms with E-state index in [9.17, 15) is 27.9 Å². The van der Waals surface area contributed by atoms with Crippen LogP contribution in [0.25, 0.3) is 11.1 Å². The molecule has 44 heavy (non-hydrogen) atoms. The van der Waals surface area contributed by atoms with Crippen LogP contribution in [0, 0.1) is 5.92 Å². The fourth-order valence-corrected chi connectivity index (χ4v) is 5.32. The predicted molar refractivity (Wildman–Crippen MR) is 164 cm³/mol. The summed E-state index contributed by atoms with van der Waals surface area (Å²) in [6, 6.07) is 23.0. The molecular formula is C34H40F3N3O4. The van der Waals surface area contributed by atoms with Crippen molar-refractivity contribution in [2.45, 2.75) is 58.0 Å². The molecule has 3 aromatic carbocycles. The lowest BCUT2D eigenvalue weighted by atomic mass is 10.0. The van der Waals surface area contributed by atoms with E-state index >= 15 is 0 Å². The Morgan fingerprint density at radius 1 is 1.09 bits per heavy atom. The van der Waals surface area contributed by atoms with Crippen molar-refractivity contribution in [1.29, 1.82) is 0 Å². The second-order valence-electron chi connectivity index (χ2n) is 11.6. The molecule has 2 N–H and O–H groups in total. The maximum atomic E-state index is 13.4. The first-order chi connectivity index (χ1) is 20.9. The van der Waals surface area contributed by atoms with Crippen LogP contribution in [0.1, 0.15) is 37.8 Å². The van der Waals surface area contributed by atoms with Gasteiger partial charge in [-0.05, 0) is 48.9 Å². The summed E-state index contributed by atoms with van der Waals surface area (Å²) < 4.78 is 44.3. The van der Waals surface area contributed by atoms with Crippen LogP contribution >= 0.6 is 0 Å². The van der Waals surface area contributed by atoms with Gasteiger partial charge in [-0.3, -0.25) is 14.5 Å². The second-order valence-corrected chi connectivity index (χ2v) is 11.6. The first kappa shape index (κ1) is 33.0. The van der Waals surface area contributed by atoms with Gasteiger partial charge in [0.25, 0.3) is 0 Å². The molecule has 0 spiro atoms. The number of fused-ring (bicyclic) bond motifs is 1. The molecule has 0 saturated carbocycles. The van der Waals surface area contributed by atoms with Gasteiger partial charge in [0.2, 0.25) is 11.8 Å². The molecule has 1 aliphatic rings. The quantitative estimate of drug-likeness (QED) is 0.298. The molecule has 0 unspecified atom stereocenters. The first-order valence-electron chi connectivity index (χ1n) is 14.8. The summed E-state index contributed by atoms with van der Waals surface area (Å²) in [7, 11) is 2.01. The van der Waals surface area contributed by atoms with Gasteiger partial charge < -0.3 is 20.1 Å². The average molecular weight is 612 g/mol. The molecule has 0 saturated heterocycles. The lowest BCUT2D eigenvalue weighted by molar-refractivity contribution is -0.142. The normalized spacial score (nSPS) is 18.1. The highest BCUT2D eigenvalue weighted by Crippen LogP contribution is 2.30. The molecule has 3 atom stereocenters. The maximum absolute atomic E-state index is 13.4. The molecule has 2 amide bonds. The number of likely N-dealkylation sites (N-methyl/N-ethyl adjacent to an activating group) is 1. The summed E-state index contributed by atoms with van der Waals surface area (Å²) in [6.45, 7) is 5.18. The molecule has 0 radical (unpaired) electrons. The fourth-order valence-electron chi connectivity index (χ4n) is 5.32. The summed E-state index contributed by atoms with van der Waals surface area (Å²) in [4.78, 5) is 29.4. The third-order valence-electron chi connectivity index (χ3n) is 7.84. The Morgan fingerprint density at radius 2 is 1.77 bits per heavy atom. The van der Waals surface area contributed by atoms with Crippen molar-refractivity contribution >= 4 is 17.5 Å². The van der Waals surface area contributed by atoms with Crippen molar-refractivity contribution in [2.75, 3.05) is 32.1 Å². The van der Waals surface area contributed by atoms with Crippen molar-refractivity contribution in [3.8, 4) is 16.9 Å². The third kappa shape index (κ3) is 9.30. The highest BCUT2D eigenvalue weighted by Gasteiger charge is 2.31. The Hall–Kier alpha value is -3.89.